The van der Waals surface area contributed by atoms with E-state index in [4.69, 9.17) is 20.8 Å². The molecular formula is C31H31ClLiNO5S. The van der Waals surface area contributed by atoms with E-state index in [9.17, 15) is 14.7 Å². The van der Waals surface area contributed by atoms with E-state index in [0.717, 1.165) is 33.4 Å². The van der Waals surface area contributed by atoms with E-state index in [1.807, 2.05) is 79.9 Å². The number of carbonyl (C=O) groups excluding carboxylic acids is 1. The zero-order valence-corrected chi connectivity index (χ0v) is 23.4. The molecule has 0 aliphatic carbocycles. The van der Waals surface area contributed by atoms with Crippen LogP contribution in [-0.4, -0.2) is 53.9 Å². The van der Waals surface area contributed by atoms with Gasteiger partial charge in [0.15, 0.2) is 0 Å². The number of halogens is 1. The maximum absolute atomic E-state index is 13.2. The third-order valence-corrected chi connectivity index (χ3v) is 7.22. The van der Waals surface area contributed by atoms with Gasteiger partial charge in [-0.1, -0.05) is 54.1 Å². The Morgan fingerprint density at radius 2 is 1.75 bits per heavy atom. The molecule has 0 fully saturated rings. The van der Waals surface area contributed by atoms with Crippen molar-refractivity contribution < 1.29 is 23.8 Å². The van der Waals surface area contributed by atoms with Crippen LogP contribution in [-0.2, 0) is 22.7 Å². The molecule has 1 unspecified atom stereocenters. The number of rotatable bonds is 12. The summed E-state index contributed by atoms with van der Waals surface area (Å²) >= 11 is 7.52. The van der Waals surface area contributed by atoms with Crippen molar-refractivity contribution in [3.8, 4) is 22.3 Å². The first-order valence-corrected chi connectivity index (χ1v) is 14.3. The number of aryl methyl sites for hydroxylation is 1. The normalized spacial score (nSPS) is 11.5. The predicted octanol–water partition coefficient (Wildman–Crippen LogP) is 6.58. The number of hydrogen-bond acceptors (Lipinski definition) is 5. The number of amides is 1. The first-order chi connectivity index (χ1) is 18.9. The van der Waals surface area contributed by atoms with E-state index in [1.165, 1.54) is 0 Å². The third-order valence-electron chi connectivity index (χ3n) is 6.32. The van der Waals surface area contributed by atoms with E-state index in [1.54, 1.807) is 24.1 Å². The number of furan rings is 1. The Hall–Kier alpha value is -2.92. The van der Waals surface area contributed by atoms with E-state index in [2.05, 4.69) is 5.32 Å². The van der Waals surface area contributed by atoms with Crippen LogP contribution in [0.1, 0.15) is 33.7 Å². The summed E-state index contributed by atoms with van der Waals surface area (Å²) in [7, 11) is 0. The zero-order valence-electron chi connectivity index (χ0n) is 21.8. The van der Waals surface area contributed by atoms with Gasteiger partial charge in [-0.05, 0) is 83.5 Å². The Balaban J connectivity index is 0.00000441. The summed E-state index contributed by atoms with van der Waals surface area (Å²) in [6.45, 7) is 2.57. The summed E-state index contributed by atoms with van der Waals surface area (Å²) in [6.07, 6.45) is 3.94. The summed E-state index contributed by atoms with van der Waals surface area (Å²) in [5.41, 5.74) is 5.88. The van der Waals surface area contributed by atoms with Crippen LogP contribution in [0.5, 0.6) is 0 Å². The SMILES string of the molecule is CSCCC(NC(=O)c1ccc(COCc2cc(-c3ccc(Cl)cc3)co2)cc1-c1ccccc1C)C(=O)O.[LiH]. The fourth-order valence-corrected chi connectivity index (χ4v) is 4.82. The molecule has 2 N–H and O–H groups in total. The predicted molar refractivity (Wildman–Crippen MR) is 163 cm³/mol. The Morgan fingerprint density at radius 1 is 1.00 bits per heavy atom. The number of aliphatic carboxylic acids is 1. The summed E-state index contributed by atoms with van der Waals surface area (Å²) in [6, 6.07) is 21.8. The van der Waals surface area contributed by atoms with Gasteiger partial charge in [0.25, 0.3) is 5.91 Å². The van der Waals surface area contributed by atoms with Crippen LogP contribution < -0.4 is 5.32 Å². The minimum atomic E-state index is -1.04. The molecule has 4 aromatic rings. The summed E-state index contributed by atoms with van der Waals surface area (Å²) in [5, 5.41) is 13.0. The van der Waals surface area contributed by atoms with E-state index in [0.29, 0.717) is 35.1 Å². The molecule has 0 bridgehead atoms. The van der Waals surface area contributed by atoms with Crippen LogP contribution in [0.3, 0.4) is 0 Å². The number of thioether (sulfide) groups is 1. The minimum absolute atomic E-state index is 0. The topological polar surface area (TPSA) is 88.8 Å². The Kier molecular flexibility index (Phi) is 12.0. The molecule has 0 aliphatic heterocycles. The average molecular weight is 572 g/mol. The van der Waals surface area contributed by atoms with Gasteiger partial charge in [0.1, 0.15) is 18.4 Å². The van der Waals surface area contributed by atoms with Crippen LogP contribution in [0.15, 0.2) is 83.5 Å². The molecule has 0 aliphatic rings. The molecule has 0 radical (unpaired) electrons. The molecule has 40 heavy (non-hydrogen) atoms. The van der Waals surface area contributed by atoms with Crippen molar-refractivity contribution >= 4 is 54.1 Å². The second kappa shape index (κ2) is 15.2. The van der Waals surface area contributed by atoms with Crippen molar-refractivity contribution in [3.63, 3.8) is 0 Å². The summed E-state index contributed by atoms with van der Waals surface area (Å²) < 4.78 is 11.6. The van der Waals surface area contributed by atoms with Crippen molar-refractivity contribution in [3.05, 3.63) is 107 Å². The first kappa shape index (κ1) is 31.6. The number of carboxylic acids is 1. The number of carboxylic acid groups (broad SMARTS) is 1. The van der Waals surface area contributed by atoms with Gasteiger partial charge in [-0.15, -0.1) is 0 Å². The van der Waals surface area contributed by atoms with Crippen LogP contribution in [0.4, 0.5) is 0 Å². The zero-order chi connectivity index (χ0) is 27.8. The summed E-state index contributed by atoms with van der Waals surface area (Å²) in [4.78, 5) is 25.0. The third kappa shape index (κ3) is 8.29. The molecular weight excluding hydrogens is 541 g/mol. The molecule has 0 saturated heterocycles. The second-order valence-corrected chi connectivity index (χ2v) is 10.6. The van der Waals surface area contributed by atoms with Crippen molar-refractivity contribution in [2.45, 2.75) is 32.6 Å². The molecule has 3 aromatic carbocycles. The summed E-state index contributed by atoms with van der Waals surface area (Å²) in [5.74, 6) is -0.133. The molecule has 0 spiro atoms. The van der Waals surface area contributed by atoms with Gasteiger partial charge in [0.2, 0.25) is 0 Å². The van der Waals surface area contributed by atoms with Gasteiger partial charge in [0.05, 0.1) is 12.9 Å². The Bertz CT molecular complexity index is 1440. The van der Waals surface area contributed by atoms with Crippen molar-refractivity contribution in [2.24, 2.45) is 0 Å². The van der Waals surface area contributed by atoms with Crippen LogP contribution in [0, 0.1) is 6.92 Å². The quantitative estimate of drug-likeness (QED) is 0.187. The molecule has 1 heterocycles. The van der Waals surface area contributed by atoms with Gasteiger partial charge in [0, 0.05) is 16.1 Å². The fraction of sp³-hybridized carbons (Fsp3) is 0.226. The van der Waals surface area contributed by atoms with Crippen LogP contribution in [0.2, 0.25) is 5.02 Å². The number of benzene rings is 3. The Morgan fingerprint density at radius 3 is 2.45 bits per heavy atom. The van der Waals surface area contributed by atoms with E-state index >= 15 is 0 Å². The maximum atomic E-state index is 13.2. The monoisotopic (exact) mass is 571 g/mol. The molecule has 204 valence electrons. The Labute approximate surface area is 255 Å². The van der Waals surface area contributed by atoms with Gasteiger partial charge in [-0.25, -0.2) is 4.79 Å². The number of hydrogen-bond donors (Lipinski definition) is 2. The molecule has 1 atom stereocenters. The second-order valence-electron chi connectivity index (χ2n) is 9.14. The standard InChI is InChI=1S/C31H30ClNO5S.Li.H/c1-20-5-3-4-6-26(20)28-15-21(7-12-27(28)30(34)33-29(31(35)36)13-14-39-2)17-37-19-25-16-23(18-38-25)22-8-10-24(32)11-9-22;;/h3-12,15-16,18,29H,13-14,17,19H2,1-2H3,(H,33,34)(H,35,36);;. The molecule has 9 heteroatoms. The van der Waals surface area contributed by atoms with E-state index in [-0.39, 0.29) is 25.5 Å². The number of ether oxygens (including phenoxy) is 1. The average Bonchev–Trinajstić information content (AvgIpc) is 3.40. The fourth-order valence-electron chi connectivity index (χ4n) is 4.23. The molecule has 6 nitrogen and oxygen atoms in total. The number of nitrogens with one attached hydrogen (secondary N) is 1. The molecule has 4 rings (SSSR count). The van der Waals surface area contributed by atoms with Gasteiger partial charge in [-0.3, -0.25) is 4.79 Å². The van der Waals surface area contributed by atoms with Gasteiger partial charge < -0.3 is 19.6 Å². The van der Waals surface area contributed by atoms with Crippen molar-refractivity contribution in [1.29, 1.82) is 0 Å². The van der Waals surface area contributed by atoms with Gasteiger partial charge >= 0.3 is 24.8 Å². The van der Waals surface area contributed by atoms with Crippen LogP contribution in [0.25, 0.3) is 22.3 Å². The van der Waals surface area contributed by atoms with Crippen molar-refractivity contribution in [2.75, 3.05) is 12.0 Å². The van der Waals surface area contributed by atoms with Crippen LogP contribution >= 0.6 is 23.4 Å². The molecule has 1 aromatic heterocycles. The molecule has 0 saturated carbocycles. The van der Waals surface area contributed by atoms with Crippen molar-refractivity contribution in [1.82, 2.24) is 5.32 Å². The van der Waals surface area contributed by atoms with Gasteiger partial charge in [-0.2, -0.15) is 11.8 Å². The molecule has 1 amide bonds. The number of carbonyl (C=O) groups is 2. The first-order valence-electron chi connectivity index (χ1n) is 12.5. The van der Waals surface area contributed by atoms with E-state index < -0.39 is 17.9 Å².